The normalized spacial score (nSPS) is 25.4. The molecule has 4 aliphatic rings. The number of fused-ring (bicyclic) bond motifs is 2. The Kier molecular flexibility index (Phi) is 7.52. The van der Waals surface area contributed by atoms with E-state index in [0.717, 1.165) is 62.8 Å². The van der Waals surface area contributed by atoms with Crippen molar-refractivity contribution in [3.8, 4) is 0 Å². The number of carbonyl (C=O) groups excluding carboxylic acids is 1. The molecule has 5 nitrogen and oxygen atoms in total. The lowest BCUT2D eigenvalue weighted by atomic mass is 9.68. The first kappa shape index (κ1) is 25.4. The Morgan fingerprint density at radius 1 is 1.17 bits per heavy atom. The van der Waals surface area contributed by atoms with Crippen LogP contribution in [0.2, 0.25) is 0 Å². The van der Waals surface area contributed by atoms with Crippen LogP contribution in [0, 0.1) is 28.9 Å². The summed E-state index contributed by atoms with van der Waals surface area (Å²) in [5.74, 6) is -0.814. The number of benzene rings is 1. The minimum atomic E-state index is -0.668. The average molecular weight is 518 g/mol. The summed E-state index contributed by atoms with van der Waals surface area (Å²) >= 11 is 6.20. The highest BCUT2D eigenvalue weighted by atomic mass is 35.5. The third kappa shape index (κ3) is 5.53. The molecular weight excluding hydrogens is 484 g/mol. The highest BCUT2D eigenvalue weighted by Gasteiger charge is 2.47. The fourth-order valence-corrected chi connectivity index (χ4v) is 6.60. The van der Waals surface area contributed by atoms with E-state index in [9.17, 15) is 18.7 Å². The number of nitrogens with zero attached hydrogens (tertiary/aromatic N) is 2. The Labute approximate surface area is 216 Å². The zero-order chi connectivity index (χ0) is 25.3. The van der Waals surface area contributed by atoms with Crippen molar-refractivity contribution >= 4 is 23.6 Å². The molecular formula is C28H34ClF2N3O2. The van der Waals surface area contributed by atoms with Crippen LogP contribution in [-0.4, -0.2) is 66.2 Å². The fourth-order valence-electron chi connectivity index (χ4n) is 6.39. The lowest BCUT2D eigenvalue weighted by molar-refractivity contribution is -0.128. The number of hydrogen-bond donors (Lipinski definition) is 2. The van der Waals surface area contributed by atoms with Gasteiger partial charge in [-0.2, -0.15) is 0 Å². The molecule has 0 radical (unpaired) electrons. The van der Waals surface area contributed by atoms with E-state index in [-0.39, 0.29) is 17.2 Å². The van der Waals surface area contributed by atoms with E-state index in [1.165, 1.54) is 30.0 Å². The van der Waals surface area contributed by atoms with Crippen molar-refractivity contribution in [2.24, 2.45) is 17.3 Å². The molecule has 3 saturated heterocycles. The maximum Gasteiger partial charge on any atom is 0.246 e. The van der Waals surface area contributed by atoms with Gasteiger partial charge in [0.05, 0.1) is 6.10 Å². The predicted octanol–water partition coefficient (Wildman–Crippen LogP) is 4.29. The molecule has 1 aliphatic carbocycles. The average Bonchev–Trinajstić information content (AvgIpc) is 3.20. The first-order valence-electron chi connectivity index (χ1n) is 13.0. The molecule has 0 saturated carbocycles. The zero-order valence-electron chi connectivity index (χ0n) is 20.4. The first-order chi connectivity index (χ1) is 17.3. The first-order valence-corrected chi connectivity index (χ1v) is 13.3. The number of aliphatic hydroxyl groups is 1. The van der Waals surface area contributed by atoms with E-state index in [4.69, 9.17) is 11.6 Å². The van der Waals surface area contributed by atoms with Gasteiger partial charge in [0.1, 0.15) is 11.6 Å². The highest BCUT2D eigenvalue weighted by molar-refractivity contribution is 6.31. The number of hydrogen-bond acceptors (Lipinski definition) is 4. The predicted molar refractivity (Wildman–Crippen MR) is 137 cm³/mol. The van der Waals surface area contributed by atoms with Gasteiger partial charge in [0, 0.05) is 55.0 Å². The van der Waals surface area contributed by atoms with E-state index < -0.39 is 17.7 Å². The molecule has 0 bridgehead atoms. The number of amides is 1. The maximum absolute atomic E-state index is 13.3. The molecule has 8 heteroatoms. The number of halogens is 3. The Bertz CT molecular complexity index is 1050. The van der Waals surface area contributed by atoms with Gasteiger partial charge in [0.2, 0.25) is 5.91 Å². The highest BCUT2D eigenvalue weighted by Crippen LogP contribution is 2.49. The van der Waals surface area contributed by atoms with Gasteiger partial charge in [-0.05, 0) is 86.4 Å². The smallest absolute Gasteiger partial charge is 0.246 e. The number of carbonyl (C=O) groups is 1. The minimum Gasteiger partial charge on any atom is -0.392 e. The monoisotopic (exact) mass is 517 g/mol. The van der Waals surface area contributed by atoms with Crippen molar-refractivity contribution < 1.29 is 18.7 Å². The Balaban J connectivity index is 1.07. The largest absolute Gasteiger partial charge is 0.392 e. The number of rotatable bonds is 5. The second-order valence-electron chi connectivity index (χ2n) is 10.8. The molecule has 1 amide bonds. The van der Waals surface area contributed by atoms with Crippen molar-refractivity contribution in [3.05, 3.63) is 64.4 Å². The number of nitrogens with one attached hydrogen (secondary N) is 1. The summed E-state index contributed by atoms with van der Waals surface area (Å²) in [6.07, 6.45) is 11.4. The number of allylic oxidation sites excluding steroid dienone is 4. The van der Waals surface area contributed by atoms with E-state index in [2.05, 4.69) is 22.4 Å². The number of likely N-dealkylation sites (tertiary alicyclic amines) is 2. The van der Waals surface area contributed by atoms with Crippen LogP contribution in [0.25, 0.3) is 6.08 Å². The number of β-amino-alcohol motifs (C(OH)–C–C–N with tert-alkyl or cyclic N) is 1. The molecule has 3 fully saturated rings. The molecule has 5 rings (SSSR count). The van der Waals surface area contributed by atoms with Crippen molar-refractivity contribution in [3.63, 3.8) is 0 Å². The molecule has 36 heavy (non-hydrogen) atoms. The Morgan fingerprint density at radius 2 is 1.86 bits per heavy atom. The Hall–Kier alpha value is -2.22. The summed E-state index contributed by atoms with van der Waals surface area (Å²) in [6.45, 7) is 4.80. The van der Waals surface area contributed by atoms with Crippen LogP contribution in [0.1, 0.15) is 37.7 Å². The standard InChI is InChI=1S/C28H34ClF2N3O2/c29-21-2-3-24-25(15-21)32-18-28(24)7-11-33(12-8-28)17-26(35)20-5-9-34(10-6-20)27(36)4-1-19-13-22(30)16-23(31)14-19/h1-2,4,13-16,20,24,26,32,35H,3,5-12,17-18H2/b4-1+/t24?,26-/m1/s1. The summed E-state index contributed by atoms with van der Waals surface area (Å²) in [6, 6.07) is 3.19. The molecule has 1 aromatic carbocycles. The van der Waals surface area contributed by atoms with Crippen molar-refractivity contribution in [1.29, 1.82) is 0 Å². The van der Waals surface area contributed by atoms with Crippen molar-refractivity contribution in [2.45, 2.75) is 38.2 Å². The lowest BCUT2D eigenvalue weighted by Crippen LogP contribution is -2.48. The lowest BCUT2D eigenvalue weighted by Gasteiger charge is -2.44. The zero-order valence-corrected chi connectivity index (χ0v) is 21.2. The molecule has 2 N–H and O–H groups in total. The van der Waals surface area contributed by atoms with E-state index in [1.54, 1.807) is 4.90 Å². The molecule has 2 atom stereocenters. The number of piperidine rings is 2. The van der Waals surface area contributed by atoms with Crippen LogP contribution in [0.5, 0.6) is 0 Å². The van der Waals surface area contributed by atoms with Gasteiger partial charge in [0.25, 0.3) is 0 Å². The molecule has 1 spiro atoms. The number of aliphatic hydroxyl groups excluding tert-OH is 1. The molecule has 194 valence electrons. The van der Waals surface area contributed by atoms with E-state index in [1.807, 2.05) is 0 Å². The SMILES string of the molecule is O=C(/C=C/c1cc(F)cc(F)c1)N1CCC([C@H](O)CN2CCC3(CC2)CNC2=CC(Cl)=CCC23)CC1. The second kappa shape index (κ2) is 10.6. The Morgan fingerprint density at radius 3 is 2.56 bits per heavy atom. The van der Waals surface area contributed by atoms with Crippen LogP contribution >= 0.6 is 11.6 Å². The van der Waals surface area contributed by atoms with E-state index in [0.29, 0.717) is 31.1 Å². The summed E-state index contributed by atoms with van der Waals surface area (Å²) in [7, 11) is 0. The third-order valence-electron chi connectivity index (χ3n) is 8.60. The van der Waals surface area contributed by atoms with Gasteiger partial charge in [-0.25, -0.2) is 8.78 Å². The van der Waals surface area contributed by atoms with Gasteiger partial charge in [0.15, 0.2) is 0 Å². The van der Waals surface area contributed by atoms with Gasteiger partial charge in [-0.1, -0.05) is 17.7 Å². The fraction of sp³-hybridized carbons (Fsp3) is 0.536. The molecule has 1 unspecified atom stereocenters. The van der Waals surface area contributed by atoms with Gasteiger partial charge >= 0.3 is 0 Å². The molecule has 0 aromatic heterocycles. The van der Waals surface area contributed by atoms with Gasteiger partial charge in [-0.15, -0.1) is 0 Å². The summed E-state index contributed by atoms with van der Waals surface area (Å²) in [4.78, 5) is 16.7. The molecule has 1 aromatic rings. The maximum atomic E-state index is 13.3. The second-order valence-corrected chi connectivity index (χ2v) is 11.2. The van der Waals surface area contributed by atoms with Crippen LogP contribution in [0.15, 0.2) is 47.2 Å². The van der Waals surface area contributed by atoms with Gasteiger partial charge in [-0.3, -0.25) is 4.79 Å². The minimum absolute atomic E-state index is 0.166. The van der Waals surface area contributed by atoms with Crippen LogP contribution in [-0.2, 0) is 4.79 Å². The van der Waals surface area contributed by atoms with Crippen LogP contribution < -0.4 is 5.32 Å². The van der Waals surface area contributed by atoms with Crippen molar-refractivity contribution in [1.82, 2.24) is 15.1 Å². The van der Waals surface area contributed by atoms with Crippen molar-refractivity contribution in [2.75, 3.05) is 39.3 Å². The molecule has 3 aliphatic heterocycles. The summed E-state index contributed by atoms with van der Waals surface area (Å²) < 4.78 is 26.7. The summed E-state index contributed by atoms with van der Waals surface area (Å²) in [5.41, 5.74) is 1.90. The topological polar surface area (TPSA) is 55.8 Å². The van der Waals surface area contributed by atoms with Crippen LogP contribution in [0.4, 0.5) is 8.78 Å². The third-order valence-corrected chi connectivity index (χ3v) is 8.86. The van der Waals surface area contributed by atoms with E-state index >= 15 is 0 Å². The summed E-state index contributed by atoms with van der Waals surface area (Å²) in [5, 5.41) is 15.4. The molecule has 3 heterocycles. The van der Waals surface area contributed by atoms with Gasteiger partial charge < -0.3 is 20.2 Å². The van der Waals surface area contributed by atoms with Crippen LogP contribution in [0.3, 0.4) is 0 Å². The quantitative estimate of drug-likeness (QED) is 0.572.